The van der Waals surface area contributed by atoms with Crippen LogP contribution in [0.25, 0.3) is 0 Å². The van der Waals surface area contributed by atoms with E-state index in [1.807, 2.05) is 6.92 Å². The summed E-state index contributed by atoms with van der Waals surface area (Å²) in [4.78, 5) is 42.9. The number of ether oxygens (including phenoxy) is 1. The minimum atomic E-state index is -0.703. The molecule has 2 heterocycles. The number of amides is 1. The number of aromatic nitrogens is 2. The largest absolute Gasteiger partial charge is 0.465 e. The summed E-state index contributed by atoms with van der Waals surface area (Å²) in [6, 6.07) is 1.08. The normalized spacial score (nSPS) is 14.3. The van der Waals surface area contributed by atoms with Crippen molar-refractivity contribution in [1.82, 2.24) is 9.55 Å². The van der Waals surface area contributed by atoms with Crippen LogP contribution in [0.15, 0.2) is 10.9 Å². The van der Waals surface area contributed by atoms with Crippen molar-refractivity contribution in [2.24, 2.45) is 0 Å². The van der Waals surface area contributed by atoms with Crippen molar-refractivity contribution in [2.45, 2.75) is 58.9 Å². The van der Waals surface area contributed by atoms with Crippen LogP contribution >= 0.6 is 11.3 Å². The number of rotatable bonds is 5. The zero-order chi connectivity index (χ0) is 20.4. The molecule has 1 aliphatic carbocycles. The van der Waals surface area contributed by atoms with Gasteiger partial charge in [0, 0.05) is 16.3 Å². The van der Waals surface area contributed by atoms with E-state index in [2.05, 4.69) is 10.3 Å². The maximum Gasteiger partial charge on any atom is 0.348 e. The van der Waals surface area contributed by atoms with Crippen molar-refractivity contribution in [1.29, 1.82) is 0 Å². The predicted octanol–water partition coefficient (Wildman–Crippen LogP) is 3.18. The van der Waals surface area contributed by atoms with Crippen LogP contribution in [0.3, 0.4) is 0 Å². The lowest BCUT2D eigenvalue weighted by Gasteiger charge is -2.20. The topological polar surface area (TPSA) is 90.3 Å². The molecule has 1 atom stereocenters. The van der Waals surface area contributed by atoms with Gasteiger partial charge in [-0.15, -0.1) is 11.3 Å². The average molecular weight is 404 g/mol. The Hall–Kier alpha value is -2.48. The second kappa shape index (κ2) is 8.26. The first-order valence-electron chi connectivity index (χ1n) is 9.47. The molecule has 1 aliphatic rings. The van der Waals surface area contributed by atoms with Crippen LogP contribution in [0.1, 0.15) is 64.4 Å². The van der Waals surface area contributed by atoms with E-state index in [0.29, 0.717) is 28.4 Å². The van der Waals surface area contributed by atoms with Crippen molar-refractivity contribution >= 4 is 28.2 Å². The Morgan fingerprint density at radius 1 is 1.32 bits per heavy atom. The van der Waals surface area contributed by atoms with Gasteiger partial charge in [-0.1, -0.05) is 6.92 Å². The molecule has 7 nitrogen and oxygen atoms in total. The summed E-state index contributed by atoms with van der Waals surface area (Å²) >= 11 is 1.43. The molecule has 0 saturated carbocycles. The highest BCUT2D eigenvalue weighted by molar-refractivity contribution is 7.17. The Balaban J connectivity index is 1.97. The first-order valence-corrected chi connectivity index (χ1v) is 10.3. The number of thiophene rings is 1. The smallest absolute Gasteiger partial charge is 0.348 e. The molecular formula is C20H25N3O4S. The minimum Gasteiger partial charge on any atom is -0.465 e. The third-order valence-electron chi connectivity index (χ3n) is 5.07. The van der Waals surface area contributed by atoms with Gasteiger partial charge in [-0.2, -0.15) is 4.98 Å². The molecular weight excluding hydrogens is 378 g/mol. The van der Waals surface area contributed by atoms with Gasteiger partial charge in [-0.3, -0.25) is 9.36 Å². The van der Waals surface area contributed by atoms with E-state index in [9.17, 15) is 14.4 Å². The summed E-state index contributed by atoms with van der Waals surface area (Å²) in [5.41, 5.74) is 2.29. The van der Waals surface area contributed by atoms with Crippen molar-refractivity contribution < 1.29 is 14.3 Å². The van der Waals surface area contributed by atoms with Gasteiger partial charge in [0.15, 0.2) is 0 Å². The molecule has 0 bridgehead atoms. The Morgan fingerprint density at radius 2 is 2.04 bits per heavy atom. The molecule has 28 heavy (non-hydrogen) atoms. The van der Waals surface area contributed by atoms with Crippen molar-refractivity contribution in [3.05, 3.63) is 43.9 Å². The fraction of sp³-hybridized carbons (Fsp3) is 0.500. The molecule has 1 amide bonds. The van der Waals surface area contributed by atoms with Crippen LogP contribution in [0, 0.1) is 13.8 Å². The molecule has 1 N–H and O–H groups in total. The Morgan fingerprint density at radius 3 is 2.68 bits per heavy atom. The van der Waals surface area contributed by atoms with Gasteiger partial charge >= 0.3 is 11.7 Å². The van der Waals surface area contributed by atoms with E-state index in [4.69, 9.17) is 4.74 Å². The van der Waals surface area contributed by atoms with Crippen LogP contribution in [0.4, 0.5) is 5.00 Å². The van der Waals surface area contributed by atoms with E-state index >= 15 is 0 Å². The van der Waals surface area contributed by atoms with Crippen LogP contribution in [-0.4, -0.2) is 28.5 Å². The van der Waals surface area contributed by atoms with Crippen LogP contribution in [0.2, 0.25) is 0 Å². The van der Waals surface area contributed by atoms with Gasteiger partial charge < -0.3 is 10.1 Å². The average Bonchev–Trinajstić information content (AvgIpc) is 3.01. The molecule has 0 aliphatic heterocycles. The summed E-state index contributed by atoms with van der Waals surface area (Å²) in [7, 11) is 1.34. The maximum atomic E-state index is 13.1. The molecule has 0 fully saturated rings. The summed E-state index contributed by atoms with van der Waals surface area (Å²) in [6.45, 7) is 5.38. The molecule has 2 aromatic heterocycles. The Kier molecular flexibility index (Phi) is 5.98. The van der Waals surface area contributed by atoms with E-state index < -0.39 is 17.7 Å². The number of nitrogens with zero attached hydrogens (tertiary/aromatic N) is 2. The summed E-state index contributed by atoms with van der Waals surface area (Å²) in [5, 5.41) is 3.40. The van der Waals surface area contributed by atoms with Gasteiger partial charge in [0.25, 0.3) is 0 Å². The molecule has 8 heteroatoms. The van der Waals surface area contributed by atoms with Crippen molar-refractivity contribution in [3.8, 4) is 0 Å². The number of anilines is 1. The third kappa shape index (κ3) is 3.73. The highest BCUT2D eigenvalue weighted by Crippen LogP contribution is 2.39. The monoisotopic (exact) mass is 403 g/mol. The number of esters is 1. The molecule has 3 rings (SSSR count). The Bertz CT molecular complexity index is 977. The van der Waals surface area contributed by atoms with E-state index in [1.165, 1.54) is 23.0 Å². The van der Waals surface area contributed by atoms with E-state index in [-0.39, 0.29) is 5.91 Å². The summed E-state index contributed by atoms with van der Waals surface area (Å²) < 4.78 is 6.37. The molecule has 0 aromatic carbocycles. The molecule has 150 valence electrons. The lowest BCUT2D eigenvalue weighted by Crippen LogP contribution is -2.36. The molecule has 0 radical (unpaired) electrons. The first-order chi connectivity index (χ1) is 13.4. The lowest BCUT2D eigenvalue weighted by atomic mass is 9.95. The number of hydrogen-bond acceptors (Lipinski definition) is 6. The van der Waals surface area contributed by atoms with Gasteiger partial charge in [0.1, 0.15) is 11.0 Å². The van der Waals surface area contributed by atoms with Gasteiger partial charge in [-0.25, -0.2) is 9.59 Å². The fourth-order valence-electron chi connectivity index (χ4n) is 3.79. The van der Waals surface area contributed by atoms with E-state index in [1.54, 1.807) is 19.9 Å². The Labute approximate surface area is 167 Å². The van der Waals surface area contributed by atoms with E-state index in [0.717, 1.165) is 36.1 Å². The standard InChI is InChI=1S/C20H25N3O4S/c1-5-14(23-12(3)10-11(2)21-20(23)26)17(24)22-18-16(19(25)27-4)13-8-6-7-9-15(13)28-18/h10,14H,5-9H2,1-4H3,(H,22,24). The van der Waals surface area contributed by atoms with Gasteiger partial charge in [-0.05, 0) is 57.6 Å². The summed E-state index contributed by atoms with van der Waals surface area (Å²) in [6.07, 6.45) is 4.22. The third-order valence-corrected chi connectivity index (χ3v) is 6.28. The van der Waals surface area contributed by atoms with Crippen molar-refractivity contribution in [2.75, 3.05) is 12.4 Å². The zero-order valence-corrected chi connectivity index (χ0v) is 17.4. The number of hydrogen-bond donors (Lipinski definition) is 1. The molecule has 2 aromatic rings. The quantitative estimate of drug-likeness (QED) is 0.775. The van der Waals surface area contributed by atoms with Crippen LogP contribution in [0.5, 0.6) is 0 Å². The second-order valence-electron chi connectivity index (χ2n) is 7.01. The highest BCUT2D eigenvalue weighted by atomic mass is 32.1. The zero-order valence-electron chi connectivity index (χ0n) is 16.6. The predicted molar refractivity (Wildman–Crippen MR) is 108 cm³/mol. The fourth-order valence-corrected chi connectivity index (χ4v) is 5.07. The number of methoxy groups -OCH3 is 1. The summed E-state index contributed by atoms with van der Waals surface area (Å²) in [5.74, 6) is -0.768. The SMILES string of the molecule is CCC(C(=O)Nc1sc2c(c1C(=O)OC)CCCC2)n1c(C)cc(C)nc1=O. The van der Waals surface area contributed by atoms with Gasteiger partial charge in [0.2, 0.25) is 5.91 Å². The number of fused-ring (bicyclic) bond motifs is 1. The minimum absolute atomic E-state index is 0.331. The lowest BCUT2D eigenvalue weighted by molar-refractivity contribution is -0.119. The number of carbonyl (C=O) groups excluding carboxylic acids is 2. The molecule has 0 saturated heterocycles. The molecule has 1 unspecified atom stereocenters. The number of aryl methyl sites for hydroxylation is 3. The molecule has 0 spiro atoms. The second-order valence-corrected chi connectivity index (χ2v) is 8.12. The number of carbonyl (C=O) groups is 2. The first kappa shape index (κ1) is 20.3. The number of nitrogens with one attached hydrogen (secondary N) is 1. The highest BCUT2D eigenvalue weighted by Gasteiger charge is 2.29. The van der Waals surface area contributed by atoms with Crippen LogP contribution in [-0.2, 0) is 22.4 Å². The maximum absolute atomic E-state index is 13.1. The van der Waals surface area contributed by atoms with Crippen LogP contribution < -0.4 is 11.0 Å². The van der Waals surface area contributed by atoms with Crippen molar-refractivity contribution in [3.63, 3.8) is 0 Å². The van der Waals surface area contributed by atoms with Gasteiger partial charge in [0.05, 0.1) is 12.7 Å².